The highest BCUT2D eigenvalue weighted by molar-refractivity contribution is 8.00. The molecule has 2 aromatic carbocycles. The number of carbonyl (C=O) groups is 5. The van der Waals surface area contributed by atoms with Crippen molar-refractivity contribution in [2.75, 3.05) is 51.3 Å². The van der Waals surface area contributed by atoms with Crippen molar-refractivity contribution in [2.24, 2.45) is 5.16 Å². The number of aliphatic carboxylic acids is 2. The zero-order valence-electron chi connectivity index (χ0n) is 29.7. The normalized spacial score (nSPS) is 19.6. The number of anilines is 1. The average molecular weight is 783 g/mol. The van der Waals surface area contributed by atoms with Crippen LogP contribution in [0.15, 0.2) is 52.1 Å². The minimum absolute atomic E-state index is 0.0129. The molecule has 0 radical (unpaired) electrons. The Labute approximate surface area is 317 Å². The van der Waals surface area contributed by atoms with Gasteiger partial charge in [0.05, 0.1) is 33.3 Å². The fourth-order valence-electron chi connectivity index (χ4n) is 6.76. The number of phenols is 1. The van der Waals surface area contributed by atoms with Gasteiger partial charge in [-0.05, 0) is 48.9 Å². The summed E-state index contributed by atoms with van der Waals surface area (Å²) < 4.78 is 5.71. The Balaban J connectivity index is 1.14. The van der Waals surface area contributed by atoms with Crippen molar-refractivity contribution < 1.29 is 53.3 Å². The molecule has 0 aliphatic carbocycles. The van der Waals surface area contributed by atoms with Crippen LogP contribution in [-0.4, -0.2) is 128 Å². The van der Waals surface area contributed by atoms with E-state index in [9.17, 15) is 39.3 Å². The fraction of sp³-hybridized carbons (Fsp3) is 0.400. The maximum Gasteiger partial charge on any atom is 0.352 e. The zero-order valence-corrected chi connectivity index (χ0v) is 31.3. The number of nitrogen functional groups attached to an aromatic ring is 1. The molecule has 4 heterocycles. The molecule has 286 valence electrons. The number of carboxylic acid groups (broad SMARTS) is 2. The van der Waals surface area contributed by atoms with Gasteiger partial charge in [0.1, 0.15) is 29.4 Å². The third-order valence-corrected chi connectivity index (χ3v) is 11.7. The number of thiazole rings is 1. The maximum atomic E-state index is 13.5. The molecule has 3 aliphatic heterocycles. The van der Waals surface area contributed by atoms with E-state index >= 15 is 0 Å². The summed E-state index contributed by atoms with van der Waals surface area (Å²) in [4.78, 5) is 74.8. The number of likely N-dealkylation sites (tertiary alicyclic amines) is 1. The van der Waals surface area contributed by atoms with Gasteiger partial charge in [0.2, 0.25) is 5.60 Å². The average Bonchev–Trinajstić information content (AvgIpc) is 3.78. The van der Waals surface area contributed by atoms with E-state index in [4.69, 9.17) is 15.3 Å². The summed E-state index contributed by atoms with van der Waals surface area (Å²) in [6, 6.07) is 7.31. The Bertz CT molecular complexity index is 2090. The second-order valence-electron chi connectivity index (χ2n) is 13.8. The van der Waals surface area contributed by atoms with E-state index in [0.717, 1.165) is 42.7 Å². The first-order valence-electron chi connectivity index (χ1n) is 17.0. The van der Waals surface area contributed by atoms with Gasteiger partial charge in [-0.15, -0.1) is 23.1 Å². The Hall–Kier alpha value is -5.40. The number of amides is 3. The topological polar surface area (TPSA) is 243 Å². The number of oxime groups is 1. The molecule has 0 bridgehead atoms. The fourth-order valence-corrected chi connectivity index (χ4v) is 8.65. The van der Waals surface area contributed by atoms with E-state index < -0.39 is 46.5 Å². The number of methoxy groups -OCH3 is 1. The molecular weight excluding hydrogens is 743 g/mol. The predicted octanol–water partition coefficient (Wildman–Crippen LogP) is 1.96. The predicted molar refractivity (Wildman–Crippen MR) is 199 cm³/mol. The first-order chi connectivity index (χ1) is 25.6. The standard InChI is InChI=1S/C35H39N7O10S2/c1-35(2,33(49)50)52-40-25(22-17-54-34(36)38-22)29(45)39-26-30(46)41-27(32(47)48)21(16-53-31(26)41)15-42(9-4-5-10-42)11-8-37-28(44)19-7-6-18-14-24(51-3)23(43)13-20(18)12-19/h6-7,12-14,17,26,31H,4-5,8-11,15-16H2,1-3H3,(H6-,36,37,38,39,43,44,45,47,48,49,50)/p+1/b40-25-/t26-,31-/m1/s1. The number of quaternary nitrogens is 1. The van der Waals surface area contributed by atoms with Gasteiger partial charge in [0.15, 0.2) is 22.3 Å². The van der Waals surface area contributed by atoms with Crippen LogP contribution in [0.1, 0.15) is 42.7 Å². The summed E-state index contributed by atoms with van der Waals surface area (Å²) >= 11 is 2.34. The maximum absolute atomic E-state index is 13.5. The van der Waals surface area contributed by atoms with Gasteiger partial charge < -0.3 is 45.7 Å². The van der Waals surface area contributed by atoms with Crippen molar-refractivity contribution in [2.45, 2.75) is 43.7 Å². The largest absolute Gasteiger partial charge is 0.504 e. The summed E-state index contributed by atoms with van der Waals surface area (Å²) in [6.07, 6.45) is 1.85. The van der Waals surface area contributed by atoms with Crippen LogP contribution in [-0.2, 0) is 24.0 Å². The smallest absolute Gasteiger partial charge is 0.352 e. The number of aromatic nitrogens is 1. The van der Waals surface area contributed by atoms with Gasteiger partial charge in [0.25, 0.3) is 17.7 Å². The molecule has 6 rings (SSSR count). The van der Waals surface area contributed by atoms with Gasteiger partial charge in [-0.3, -0.25) is 19.3 Å². The Kier molecular flexibility index (Phi) is 10.8. The number of nitrogens with one attached hydrogen (secondary N) is 2. The van der Waals surface area contributed by atoms with E-state index in [1.807, 2.05) is 0 Å². The Morgan fingerprint density at radius 2 is 1.87 bits per heavy atom. The summed E-state index contributed by atoms with van der Waals surface area (Å²) in [5, 5.41) is 41.6. The monoisotopic (exact) mass is 782 g/mol. The van der Waals surface area contributed by atoms with Gasteiger partial charge in [-0.1, -0.05) is 11.2 Å². The van der Waals surface area contributed by atoms with Crippen LogP contribution in [0.2, 0.25) is 0 Å². The number of nitrogens with zero attached hydrogens (tertiary/aromatic N) is 4. The first kappa shape index (κ1) is 38.3. The quantitative estimate of drug-likeness (QED) is 0.0594. The highest BCUT2D eigenvalue weighted by atomic mass is 32.2. The molecule has 0 saturated carbocycles. The molecule has 1 aromatic heterocycles. The molecular formula is C35H40N7O10S2+. The minimum atomic E-state index is -1.79. The summed E-state index contributed by atoms with van der Waals surface area (Å²) in [5.74, 6) is -3.78. The van der Waals surface area contributed by atoms with E-state index in [0.29, 0.717) is 52.1 Å². The SMILES string of the molecule is COc1cc2ccc(C(=O)NCC[N+]3(CC4=C(C(=O)O)N5C(=O)[C@@H](NC(=O)/C(=N\OC(C)(C)C(=O)O)c6csc(N)n6)[C@H]5SC4)CCCC3)cc2cc1O. The third kappa shape index (κ3) is 7.64. The number of carbonyl (C=O) groups excluding carboxylic acids is 3. The molecule has 2 fully saturated rings. The van der Waals surface area contributed by atoms with Crippen molar-refractivity contribution in [3.05, 3.63) is 58.2 Å². The molecule has 3 aromatic rings. The van der Waals surface area contributed by atoms with Gasteiger partial charge >= 0.3 is 11.9 Å². The van der Waals surface area contributed by atoms with E-state index in [-0.39, 0.29) is 28.2 Å². The number of nitrogens with two attached hydrogens (primary N) is 1. The van der Waals surface area contributed by atoms with Crippen molar-refractivity contribution in [3.63, 3.8) is 0 Å². The number of carboxylic acids is 2. The molecule has 0 unspecified atom stereocenters. The lowest BCUT2D eigenvalue weighted by Gasteiger charge is -2.50. The lowest BCUT2D eigenvalue weighted by Crippen LogP contribution is -2.71. The molecule has 2 atom stereocenters. The van der Waals surface area contributed by atoms with Crippen molar-refractivity contribution >= 4 is 74.4 Å². The van der Waals surface area contributed by atoms with Gasteiger partial charge in [0, 0.05) is 35.1 Å². The first-order valence-corrected chi connectivity index (χ1v) is 18.9. The van der Waals surface area contributed by atoms with Crippen LogP contribution >= 0.6 is 23.1 Å². The van der Waals surface area contributed by atoms with Gasteiger partial charge in [-0.25, -0.2) is 14.6 Å². The Morgan fingerprint density at radius 3 is 2.52 bits per heavy atom. The number of β-lactam (4-membered cyclic amide) rings is 1. The van der Waals surface area contributed by atoms with Crippen molar-refractivity contribution in [1.82, 2.24) is 20.5 Å². The van der Waals surface area contributed by atoms with Crippen LogP contribution in [0.5, 0.6) is 11.5 Å². The van der Waals surface area contributed by atoms with Gasteiger partial charge in [-0.2, -0.15) is 0 Å². The highest BCUT2D eigenvalue weighted by Gasteiger charge is 2.55. The lowest BCUT2D eigenvalue weighted by atomic mass is 10.0. The highest BCUT2D eigenvalue weighted by Crippen LogP contribution is 2.41. The van der Waals surface area contributed by atoms with Crippen LogP contribution in [0.25, 0.3) is 10.8 Å². The number of ether oxygens (including phenoxy) is 1. The molecule has 3 aliphatic rings. The molecule has 7 N–H and O–H groups in total. The summed E-state index contributed by atoms with van der Waals surface area (Å²) in [5.41, 5.74) is 4.47. The van der Waals surface area contributed by atoms with E-state index in [1.54, 1.807) is 30.3 Å². The number of phenolic OH excluding ortho intramolecular Hbond substituents is 1. The second-order valence-corrected chi connectivity index (χ2v) is 15.8. The van der Waals surface area contributed by atoms with Crippen molar-refractivity contribution in [3.8, 4) is 11.5 Å². The third-order valence-electron chi connectivity index (χ3n) is 9.71. The molecule has 17 nitrogen and oxygen atoms in total. The Morgan fingerprint density at radius 1 is 1.13 bits per heavy atom. The van der Waals surface area contributed by atoms with Crippen LogP contribution in [0.3, 0.4) is 0 Å². The number of benzene rings is 2. The number of hydrogen-bond acceptors (Lipinski definition) is 13. The summed E-state index contributed by atoms with van der Waals surface area (Å²) in [7, 11) is 1.46. The molecule has 19 heteroatoms. The lowest BCUT2D eigenvalue weighted by molar-refractivity contribution is -0.911. The number of fused-ring (bicyclic) bond motifs is 2. The van der Waals surface area contributed by atoms with Crippen LogP contribution in [0, 0.1) is 0 Å². The van der Waals surface area contributed by atoms with Crippen LogP contribution < -0.4 is 21.1 Å². The van der Waals surface area contributed by atoms with E-state index in [2.05, 4.69) is 20.8 Å². The summed E-state index contributed by atoms with van der Waals surface area (Å²) in [6.45, 7) is 5.27. The number of aromatic hydroxyl groups is 1. The van der Waals surface area contributed by atoms with Crippen molar-refractivity contribution in [1.29, 1.82) is 0 Å². The number of thioether (sulfide) groups is 1. The van der Waals surface area contributed by atoms with Crippen LogP contribution in [0.4, 0.5) is 5.13 Å². The molecule has 0 spiro atoms. The second kappa shape index (κ2) is 15.2. The molecule has 3 amide bonds. The molecule has 54 heavy (non-hydrogen) atoms. The number of hydrogen-bond donors (Lipinski definition) is 6. The number of rotatable bonds is 14. The van der Waals surface area contributed by atoms with E-state index in [1.165, 1.54) is 43.0 Å². The zero-order chi connectivity index (χ0) is 38.9. The molecule has 2 saturated heterocycles. The minimum Gasteiger partial charge on any atom is -0.504 e.